The zero-order chi connectivity index (χ0) is 18.3. The summed E-state index contributed by atoms with van der Waals surface area (Å²) < 4.78 is 46.0. The van der Waals surface area contributed by atoms with E-state index in [0.717, 1.165) is 0 Å². The van der Waals surface area contributed by atoms with Crippen LogP contribution >= 0.6 is 0 Å². The van der Waals surface area contributed by atoms with E-state index in [0.29, 0.717) is 46.0 Å². The van der Waals surface area contributed by atoms with Crippen LogP contribution in [0.4, 0.5) is 0 Å². The Morgan fingerprint density at radius 1 is 0.357 bits per heavy atom. The minimum Gasteiger partial charge on any atom is -0.382 e. The van der Waals surface area contributed by atoms with E-state index >= 15 is 0 Å². The lowest BCUT2D eigenvalue weighted by Gasteiger charge is -2.18. The summed E-state index contributed by atoms with van der Waals surface area (Å²) in [5.74, 6) is 3.62. The van der Waals surface area contributed by atoms with Gasteiger partial charge in [0.05, 0.1) is 0 Å². The number of para-hydroxylation sites is 4. The summed E-state index contributed by atoms with van der Waals surface area (Å²) in [4.78, 5) is 0. The van der Waals surface area contributed by atoms with Crippen LogP contribution in [0, 0.1) is 0 Å². The van der Waals surface area contributed by atoms with Gasteiger partial charge in [-0.1, -0.05) is 24.3 Å². The van der Waals surface area contributed by atoms with Crippen LogP contribution < -0.4 is 37.9 Å². The smallest absolute Gasteiger partial charge is 0.382 e. The maximum Gasteiger partial charge on any atom is 0.611 e. The molecule has 0 aliphatic carbocycles. The molecule has 28 heavy (non-hydrogen) atoms. The zero-order valence-electron chi connectivity index (χ0n) is 14.0. The molecule has 0 amide bonds. The Hall–Kier alpha value is -3.94. The fraction of sp³-hybridized carbons (Fsp3) is 0.100. The molecule has 138 valence electrons. The molecule has 8 heteroatoms. The molecular formula is C20H10O8. The molecular weight excluding hydrogens is 368 g/mol. The molecule has 0 saturated carbocycles. The van der Waals surface area contributed by atoms with Gasteiger partial charge < -0.3 is 37.9 Å². The number of fused-ring (bicyclic) bond motifs is 4. The molecule has 0 bridgehead atoms. The average molecular weight is 378 g/mol. The van der Waals surface area contributed by atoms with Gasteiger partial charge >= 0.3 is 12.3 Å². The fourth-order valence-electron chi connectivity index (χ4n) is 3.41. The third-order valence-electron chi connectivity index (χ3n) is 4.59. The molecule has 4 aliphatic rings. The van der Waals surface area contributed by atoms with Gasteiger partial charge in [-0.05, 0) is 24.3 Å². The largest absolute Gasteiger partial charge is 0.611 e. The molecule has 0 saturated heterocycles. The number of rotatable bonds is 0. The van der Waals surface area contributed by atoms with E-state index in [1.165, 1.54) is 0 Å². The van der Waals surface area contributed by atoms with Gasteiger partial charge in [-0.15, -0.1) is 0 Å². The van der Waals surface area contributed by atoms with E-state index < -0.39 is 12.3 Å². The molecule has 4 aliphatic heterocycles. The van der Waals surface area contributed by atoms with Crippen LogP contribution in [0.25, 0.3) is 0 Å². The maximum atomic E-state index is 5.79. The summed E-state index contributed by atoms with van der Waals surface area (Å²) >= 11 is 0. The summed E-state index contributed by atoms with van der Waals surface area (Å²) in [5.41, 5.74) is 0. The number of benzene rings is 3. The molecule has 3 aromatic rings. The van der Waals surface area contributed by atoms with Crippen molar-refractivity contribution in [2.75, 3.05) is 0 Å². The Labute approximate surface area is 157 Å². The molecule has 0 atom stereocenters. The van der Waals surface area contributed by atoms with Crippen LogP contribution in [-0.4, -0.2) is 12.3 Å². The Morgan fingerprint density at radius 2 is 0.607 bits per heavy atom. The first kappa shape index (κ1) is 14.2. The van der Waals surface area contributed by atoms with Crippen molar-refractivity contribution in [3.05, 3.63) is 60.7 Å². The first-order valence-corrected chi connectivity index (χ1v) is 8.58. The highest BCUT2D eigenvalue weighted by atomic mass is 17.1. The predicted octanol–water partition coefficient (Wildman–Crippen LogP) is 3.39. The van der Waals surface area contributed by atoms with E-state index in [-0.39, 0.29) is 0 Å². The molecule has 0 aromatic heterocycles. The lowest BCUT2D eigenvalue weighted by molar-refractivity contribution is -0.332. The maximum absolute atomic E-state index is 5.79. The summed E-state index contributed by atoms with van der Waals surface area (Å²) in [5, 5.41) is 0. The lowest BCUT2D eigenvalue weighted by Crippen LogP contribution is -2.47. The summed E-state index contributed by atoms with van der Waals surface area (Å²) in [6, 6.07) is 17.6. The Balaban J connectivity index is 1.18. The van der Waals surface area contributed by atoms with Crippen molar-refractivity contribution in [3.63, 3.8) is 0 Å². The molecule has 7 rings (SSSR count). The van der Waals surface area contributed by atoms with Crippen LogP contribution in [-0.2, 0) is 0 Å². The second kappa shape index (κ2) is 4.48. The third kappa shape index (κ3) is 1.78. The van der Waals surface area contributed by atoms with Crippen molar-refractivity contribution in [1.82, 2.24) is 0 Å². The normalized spacial score (nSPS) is 19.4. The monoisotopic (exact) mass is 378 g/mol. The molecule has 0 fully saturated rings. The highest BCUT2D eigenvalue weighted by Gasteiger charge is 2.57. The van der Waals surface area contributed by atoms with Gasteiger partial charge in [0.25, 0.3) is 0 Å². The van der Waals surface area contributed by atoms with Gasteiger partial charge in [-0.3, -0.25) is 0 Å². The Morgan fingerprint density at radius 3 is 0.893 bits per heavy atom. The first-order valence-electron chi connectivity index (χ1n) is 8.58. The van der Waals surface area contributed by atoms with Crippen molar-refractivity contribution >= 4 is 0 Å². The molecule has 4 heterocycles. The SMILES string of the molecule is c1ccc2c(c1)OC1(O2)Oc2cc3c(cc2O1)OC1(Oc2ccccc2O1)O3. The van der Waals surface area contributed by atoms with E-state index in [4.69, 9.17) is 37.9 Å². The van der Waals surface area contributed by atoms with E-state index in [1.807, 2.05) is 24.3 Å². The lowest BCUT2D eigenvalue weighted by atomic mass is 10.3. The van der Waals surface area contributed by atoms with Crippen LogP contribution in [0.5, 0.6) is 46.0 Å². The molecule has 2 spiro atoms. The Bertz CT molecular complexity index is 981. The topological polar surface area (TPSA) is 73.8 Å². The van der Waals surface area contributed by atoms with Gasteiger partial charge in [0.2, 0.25) is 0 Å². The zero-order valence-corrected chi connectivity index (χ0v) is 14.0. The van der Waals surface area contributed by atoms with Crippen LogP contribution in [0.2, 0.25) is 0 Å². The third-order valence-corrected chi connectivity index (χ3v) is 4.59. The van der Waals surface area contributed by atoms with Gasteiger partial charge in [-0.25, -0.2) is 0 Å². The second-order valence-electron chi connectivity index (χ2n) is 6.46. The number of hydrogen-bond acceptors (Lipinski definition) is 8. The quantitative estimate of drug-likeness (QED) is 0.589. The van der Waals surface area contributed by atoms with Crippen molar-refractivity contribution in [3.8, 4) is 46.0 Å². The number of ether oxygens (including phenoxy) is 8. The average Bonchev–Trinajstić information content (AvgIpc) is 3.40. The standard InChI is InChI=1S/C20H10O8/c1-2-6-12-11(5-1)21-19(22-12)25-15-9-17-18(10-16(15)26-19)28-20(27-17)23-13-7-3-4-8-14(13)24-20/h1-10H. The minimum absolute atomic E-state index is 0.378. The number of hydrogen-bond donors (Lipinski definition) is 0. The molecule has 0 unspecified atom stereocenters. The van der Waals surface area contributed by atoms with Crippen LogP contribution in [0.1, 0.15) is 0 Å². The van der Waals surface area contributed by atoms with Gasteiger partial charge in [0.15, 0.2) is 46.0 Å². The van der Waals surface area contributed by atoms with Crippen molar-refractivity contribution in [2.24, 2.45) is 0 Å². The van der Waals surface area contributed by atoms with Crippen molar-refractivity contribution in [2.45, 2.75) is 12.3 Å². The van der Waals surface area contributed by atoms with Gasteiger partial charge in [0, 0.05) is 12.1 Å². The predicted molar refractivity (Wildman–Crippen MR) is 89.8 cm³/mol. The van der Waals surface area contributed by atoms with Gasteiger partial charge in [-0.2, -0.15) is 0 Å². The van der Waals surface area contributed by atoms with Gasteiger partial charge in [0.1, 0.15) is 0 Å². The molecule has 8 nitrogen and oxygen atoms in total. The highest BCUT2D eigenvalue weighted by molar-refractivity contribution is 5.58. The van der Waals surface area contributed by atoms with E-state index in [1.54, 1.807) is 36.4 Å². The summed E-state index contributed by atoms with van der Waals surface area (Å²) in [6.07, 6.45) is -3.40. The minimum atomic E-state index is -1.70. The van der Waals surface area contributed by atoms with Crippen molar-refractivity contribution < 1.29 is 37.9 Å². The van der Waals surface area contributed by atoms with Crippen molar-refractivity contribution in [1.29, 1.82) is 0 Å². The van der Waals surface area contributed by atoms with E-state index in [9.17, 15) is 0 Å². The molecule has 0 radical (unpaired) electrons. The van der Waals surface area contributed by atoms with Crippen LogP contribution in [0.15, 0.2) is 60.7 Å². The van der Waals surface area contributed by atoms with Crippen LogP contribution in [0.3, 0.4) is 0 Å². The second-order valence-corrected chi connectivity index (χ2v) is 6.46. The molecule has 0 N–H and O–H groups in total. The fourth-order valence-corrected chi connectivity index (χ4v) is 3.41. The molecule has 3 aromatic carbocycles. The van der Waals surface area contributed by atoms with E-state index in [2.05, 4.69) is 0 Å². The Kier molecular flexibility index (Phi) is 2.26. The summed E-state index contributed by atoms with van der Waals surface area (Å²) in [6.45, 7) is 0. The summed E-state index contributed by atoms with van der Waals surface area (Å²) in [7, 11) is 0. The first-order chi connectivity index (χ1) is 13.7. The highest BCUT2D eigenvalue weighted by Crippen LogP contribution is 2.54.